The molecule has 2 aliphatic heterocycles. The summed E-state index contributed by atoms with van der Waals surface area (Å²) >= 11 is 1.65. The van der Waals surface area contributed by atoms with Gasteiger partial charge in [-0.05, 0) is 36.4 Å². The number of hydrogen-bond donors (Lipinski definition) is 0. The molecular formula is C26H30FN5OS. The molecule has 6 nitrogen and oxygen atoms in total. The molecule has 8 heteroatoms. The highest BCUT2D eigenvalue weighted by atomic mass is 32.1. The minimum atomic E-state index is -0.231. The van der Waals surface area contributed by atoms with Crippen LogP contribution in [0, 0.1) is 5.82 Å². The average molecular weight is 480 g/mol. The van der Waals surface area contributed by atoms with E-state index in [1.165, 1.54) is 17.8 Å². The Morgan fingerprint density at radius 3 is 2.24 bits per heavy atom. The van der Waals surface area contributed by atoms with Crippen molar-refractivity contribution >= 4 is 22.9 Å². The summed E-state index contributed by atoms with van der Waals surface area (Å²) in [6, 6.07) is 16.9. The molecule has 0 atom stereocenters. The number of thiazole rings is 1. The molecule has 2 saturated heterocycles. The van der Waals surface area contributed by atoms with Gasteiger partial charge in [-0.15, -0.1) is 11.3 Å². The van der Waals surface area contributed by atoms with E-state index in [-0.39, 0.29) is 11.7 Å². The van der Waals surface area contributed by atoms with Gasteiger partial charge in [-0.2, -0.15) is 0 Å². The molecule has 0 unspecified atom stereocenters. The van der Waals surface area contributed by atoms with Gasteiger partial charge in [0, 0.05) is 69.0 Å². The van der Waals surface area contributed by atoms with E-state index in [9.17, 15) is 9.18 Å². The van der Waals surface area contributed by atoms with Crippen LogP contribution in [-0.4, -0.2) is 84.5 Å². The Hall–Kier alpha value is -2.81. The Kier molecular flexibility index (Phi) is 7.18. The summed E-state index contributed by atoms with van der Waals surface area (Å²) in [7, 11) is 0. The van der Waals surface area contributed by atoms with Crippen molar-refractivity contribution in [3.63, 3.8) is 0 Å². The first-order valence-corrected chi connectivity index (χ1v) is 12.7. The zero-order valence-corrected chi connectivity index (χ0v) is 20.1. The van der Waals surface area contributed by atoms with Gasteiger partial charge in [0.1, 0.15) is 10.8 Å². The van der Waals surface area contributed by atoms with E-state index in [1.54, 1.807) is 23.5 Å². The van der Waals surface area contributed by atoms with E-state index in [4.69, 9.17) is 4.98 Å². The summed E-state index contributed by atoms with van der Waals surface area (Å²) < 4.78 is 13.2. The van der Waals surface area contributed by atoms with Gasteiger partial charge in [-0.25, -0.2) is 9.37 Å². The predicted molar refractivity (Wildman–Crippen MR) is 134 cm³/mol. The predicted octanol–water partition coefficient (Wildman–Crippen LogP) is 3.42. The monoisotopic (exact) mass is 479 g/mol. The van der Waals surface area contributed by atoms with Gasteiger partial charge in [-0.3, -0.25) is 14.6 Å². The third-order valence-electron chi connectivity index (χ3n) is 6.63. The highest BCUT2D eigenvalue weighted by Gasteiger charge is 2.25. The number of benzene rings is 2. The Labute approximate surface area is 204 Å². The summed E-state index contributed by atoms with van der Waals surface area (Å²) in [5.74, 6) is 0.00928. The second-order valence-electron chi connectivity index (χ2n) is 8.89. The van der Waals surface area contributed by atoms with Crippen LogP contribution in [0.3, 0.4) is 0 Å². The number of piperazine rings is 2. The van der Waals surface area contributed by atoms with Crippen LogP contribution in [0.5, 0.6) is 0 Å². The lowest BCUT2D eigenvalue weighted by Gasteiger charge is -2.38. The SMILES string of the molecule is O=C(CN1CCN(Cc2nc(-c3ccc(F)cc3)cs2)CC1)N1CCN(c2ccccc2)CC1. The molecule has 0 radical (unpaired) electrons. The lowest BCUT2D eigenvalue weighted by Crippen LogP contribution is -2.53. The van der Waals surface area contributed by atoms with Crippen molar-refractivity contribution in [2.45, 2.75) is 6.54 Å². The number of nitrogens with zero attached hydrogens (tertiary/aromatic N) is 5. The van der Waals surface area contributed by atoms with Crippen LogP contribution in [0.15, 0.2) is 60.0 Å². The van der Waals surface area contributed by atoms with Gasteiger partial charge in [-0.1, -0.05) is 18.2 Å². The zero-order chi connectivity index (χ0) is 23.3. The standard InChI is InChI=1S/C26H30FN5OS/c27-22-8-6-21(7-9-22)24-20-34-25(28-24)18-29-10-12-30(13-11-29)19-26(33)32-16-14-31(15-17-32)23-4-2-1-3-5-23/h1-9,20H,10-19H2. The normalized spacial score (nSPS) is 17.8. The van der Waals surface area contributed by atoms with Gasteiger partial charge in [0.15, 0.2) is 0 Å². The summed E-state index contributed by atoms with van der Waals surface area (Å²) in [6.45, 7) is 8.32. The third kappa shape index (κ3) is 5.63. The van der Waals surface area contributed by atoms with Gasteiger partial charge < -0.3 is 9.80 Å². The topological polar surface area (TPSA) is 42.9 Å². The minimum absolute atomic E-state index is 0.231. The van der Waals surface area contributed by atoms with Crippen molar-refractivity contribution in [1.82, 2.24) is 19.7 Å². The van der Waals surface area contributed by atoms with Crippen molar-refractivity contribution in [2.24, 2.45) is 0 Å². The molecule has 0 spiro atoms. The first kappa shape index (κ1) is 23.0. The molecule has 0 bridgehead atoms. The van der Waals surface area contributed by atoms with E-state index >= 15 is 0 Å². The molecule has 1 amide bonds. The van der Waals surface area contributed by atoms with E-state index in [0.29, 0.717) is 6.54 Å². The van der Waals surface area contributed by atoms with Crippen molar-refractivity contribution in [2.75, 3.05) is 63.8 Å². The number of para-hydroxylation sites is 1. The summed E-state index contributed by atoms with van der Waals surface area (Å²) in [4.78, 5) is 26.6. The van der Waals surface area contributed by atoms with Crippen LogP contribution in [-0.2, 0) is 11.3 Å². The molecule has 0 saturated carbocycles. The number of halogens is 1. The average Bonchev–Trinajstić information content (AvgIpc) is 3.35. The Morgan fingerprint density at radius 1 is 0.853 bits per heavy atom. The minimum Gasteiger partial charge on any atom is -0.368 e. The largest absolute Gasteiger partial charge is 0.368 e. The molecule has 0 aliphatic carbocycles. The Morgan fingerprint density at radius 2 is 1.53 bits per heavy atom. The van der Waals surface area contributed by atoms with Gasteiger partial charge in [0.2, 0.25) is 5.91 Å². The highest BCUT2D eigenvalue weighted by Crippen LogP contribution is 2.23. The molecule has 2 aliphatic rings. The number of carbonyl (C=O) groups is 1. The molecule has 3 heterocycles. The number of rotatable bonds is 6. The van der Waals surface area contributed by atoms with Crippen LogP contribution in [0.25, 0.3) is 11.3 Å². The van der Waals surface area contributed by atoms with Crippen LogP contribution in [0.2, 0.25) is 0 Å². The number of aromatic nitrogens is 1. The molecule has 2 fully saturated rings. The third-order valence-corrected chi connectivity index (χ3v) is 7.46. The Bertz CT molecular complexity index is 1070. The number of hydrogen-bond acceptors (Lipinski definition) is 6. The fourth-order valence-corrected chi connectivity index (χ4v) is 5.42. The molecule has 34 heavy (non-hydrogen) atoms. The van der Waals surface area contributed by atoms with Gasteiger partial charge in [0.05, 0.1) is 18.8 Å². The molecule has 0 N–H and O–H groups in total. The number of carbonyl (C=O) groups excluding carboxylic acids is 1. The molecule has 3 aromatic rings. The second-order valence-corrected chi connectivity index (χ2v) is 9.83. The summed E-state index contributed by atoms with van der Waals surface area (Å²) in [6.07, 6.45) is 0. The van der Waals surface area contributed by atoms with Crippen LogP contribution in [0.4, 0.5) is 10.1 Å². The first-order chi connectivity index (χ1) is 16.6. The number of anilines is 1. The highest BCUT2D eigenvalue weighted by molar-refractivity contribution is 7.09. The molecular weight excluding hydrogens is 449 g/mol. The summed E-state index contributed by atoms with van der Waals surface area (Å²) in [5, 5.41) is 3.11. The molecule has 5 rings (SSSR count). The van der Waals surface area contributed by atoms with E-state index in [1.807, 2.05) is 16.3 Å². The molecule has 178 valence electrons. The lowest BCUT2D eigenvalue weighted by molar-refractivity contribution is -0.133. The Balaban J connectivity index is 1.05. The van der Waals surface area contributed by atoms with Crippen molar-refractivity contribution in [3.05, 3.63) is 70.8 Å². The zero-order valence-electron chi connectivity index (χ0n) is 19.3. The summed E-state index contributed by atoms with van der Waals surface area (Å²) in [5.41, 5.74) is 3.07. The maximum atomic E-state index is 13.2. The quantitative estimate of drug-likeness (QED) is 0.542. The van der Waals surface area contributed by atoms with Crippen LogP contribution < -0.4 is 4.90 Å². The second kappa shape index (κ2) is 10.6. The van der Waals surface area contributed by atoms with Crippen molar-refractivity contribution < 1.29 is 9.18 Å². The maximum Gasteiger partial charge on any atom is 0.236 e. The molecule has 1 aromatic heterocycles. The van der Waals surface area contributed by atoms with Crippen LogP contribution in [0.1, 0.15) is 5.01 Å². The fourth-order valence-electron chi connectivity index (χ4n) is 4.58. The van der Waals surface area contributed by atoms with Crippen LogP contribution >= 0.6 is 11.3 Å². The van der Waals surface area contributed by atoms with Crippen molar-refractivity contribution in [1.29, 1.82) is 0 Å². The van der Waals surface area contributed by atoms with Gasteiger partial charge in [0.25, 0.3) is 0 Å². The smallest absolute Gasteiger partial charge is 0.236 e. The lowest BCUT2D eigenvalue weighted by atomic mass is 10.2. The van der Waals surface area contributed by atoms with E-state index < -0.39 is 0 Å². The first-order valence-electron chi connectivity index (χ1n) is 11.9. The van der Waals surface area contributed by atoms with Crippen molar-refractivity contribution in [3.8, 4) is 11.3 Å². The molecule has 2 aromatic carbocycles. The van der Waals surface area contributed by atoms with E-state index in [2.05, 4.69) is 39.0 Å². The fraction of sp³-hybridized carbons (Fsp3) is 0.385. The number of amides is 1. The maximum absolute atomic E-state index is 13.2. The van der Waals surface area contributed by atoms with Gasteiger partial charge >= 0.3 is 0 Å². The van der Waals surface area contributed by atoms with E-state index in [0.717, 1.165) is 75.2 Å².